The summed E-state index contributed by atoms with van der Waals surface area (Å²) in [5.74, 6) is 1.43. The molecule has 0 saturated carbocycles. The molecule has 0 aromatic carbocycles. The second kappa shape index (κ2) is 6.23. The molecule has 0 aliphatic heterocycles. The number of aldehydes is 1. The molecule has 0 saturated heterocycles. The highest BCUT2D eigenvalue weighted by Crippen LogP contribution is 2.12. The van der Waals surface area contributed by atoms with Gasteiger partial charge in [-0.3, -0.25) is 4.79 Å². The minimum atomic E-state index is 0.555. The Hall–Kier alpha value is -1.42. The summed E-state index contributed by atoms with van der Waals surface area (Å²) in [7, 11) is 0. The summed E-state index contributed by atoms with van der Waals surface area (Å²) in [6, 6.07) is 3.64. The molecule has 0 fully saturated rings. The van der Waals surface area contributed by atoms with Gasteiger partial charge in [-0.1, -0.05) is 13.8 Å². The number of pyridine rings is 1. The molecule has 0 bridgehead atoms. The van der Waals surface area contributed by atoms with Crippen molar-refractivity contribution < 1.29 is 4.79 Å². The number of rotatable bonds is 6. The van der Waals surface area contributed by atoms with Crippen LogP contribution in [0.25, 0.3) is 0 Å². The maximum Gasteiger partial charge on any atom is 0.151 e. The third-order valence-corrected chi connectivity index (χ3v) is 2.22. The van der Waals surface area contributed by atoms with Crippen LogP contribution in [0.15, 0.2) is 18.3 Å². The van der Waals surface area contributed by atoms with E-state index in [1.54, 1.807) is 12.3 Å². The van der Waals surface area contributed by atoms with E-state index in [2.05, 4.69) is 23.7 Å². The molecular formula is C12H19N3O. The molecule has 0 amide bonds. The first kappa shape index (κ1) is 12.6. The van der Waals surface area contributed by atoms with Gasteiger partial charge in [-0.15, -0.1) is 0 Å². The maximum absolute atomic E-state index is 10.5. The van der Waals surface area contributed by atoms with Crippen LogP contribution in [-0.2, 0) is 0 Å². The van der Waals surface area contributed by atoms with E-state index in [1.165, 1.54) is 0 Å². The van der Waals surface area contributed by atoms with Crippen molar-refractivity contribution in [2.75, 3.05) is 24.5 Å². The van der Waals surface area contributed by atoms with Gasteiger partial charge in [0.2, 0.25) is 0 Å². The van der Waals surface area contributed by atoms with Crippen molar-refractivity contribution in [2.24, 2.45) is 11.7 Å². The van der Waals surface area contributed by atoms with Crippen molar-refractivity contribution in [1.29, 1.82) is 0 Å². The Labute approximate surface area is 96.5 Å². The second-order valence-corrected chi connectivity index (χ2v) is 4.20. The minimum absolute atomic E-state index is 0.555. The summed E-state index contributed by atoms with van der Waals surface area (Å²) < 4.78 is 0. The molecule has 88 valence electrons. The van der Waals surface area contributed by atoms with Gasteiger partial charge in [-0.25, -0.2) is 4.98 Å². The zero-order chi connectivity index (χ0) is 12.0. The van der Waals surface area contributed by atoms with E-state index in [9.17, 15) is 4.79 Å². The van der Waals surface area contributed by atoms with Gasteiger partial charge in [0.05, 0.1) is 0 Å². The number of carbonyl (C=O) groups is 1. The fraction of sp³-hybridized carbons (Fsp3) is 0.500. The number of nitrogens with two attached hydrogens (primary N) is 1. The molecular weight excluding hydrogens is 202 g/mol. The minimum Gasteiger partial charge on any atom is -0.355 e. The molecule has 0 aliphatic carbocycles. The molecule has 1 rings (SSSR count). The molecule has 4 nitrogen and oxygen atoms in total. The summed E-state index contributed by atoms with van der Waals surface area (Å²) >= 11 is 0. The lowest BCUT2D eigenvalue weighted by Crippen LogP contribution is -2.33. The molecule has 1 aromatic heterocycles. The molecule has 1 aromatic rings. The summed E-state index contributed by atoms with van der Waals surface area (Å²) in [6.45, 7) is 6.62. The number of hydrogen-bond donors (Lipinski definition) is 1. The molecule has 0 unspecified atom stereocenters. The van der Waals surface area contributed by atoms with Gasteiger partial charge in [0.1, 0.15) is 5.82 Å². The van der Waals surface area contributed by atoms with Crippen LogP contribution in [0.3, 0.4) is 0 Å². The van der Waals surface area contributed by atoms with Gasteiger partial charge in [0, 0.05) is 31.4 Å². The Morgan fingerprint density at radius 2 is 2.25 bits per heavy atom. The van der Waals surface area contributed by atoms with E-state index >= 15 is 0 Å². The highest BCUT2D eigenvalue weighted by molar-refractivity contribution is 5.74. The summed E-state index contributed by atoms with van der Waals surface area (Å²) in [5, 5.41) is 0. The van der Waals surface area contributed by atoms with Crippen molar-refractivity contribution in [3.8, 4) is 0 Å². The fourth-order valence-corrected chi connectivity index (χ4v) is 1.55. The first-order valence-corrected chi connectivity index (χ1v) is 5.53. The van der Waals surface area contributed by atoms with Crippen molar-refractivity contribution in [1.82, 2.24) is 4.98 Å². The quantitative estimate of drug-likeness (QED) is 0.736. The molecule has 0 aliphatic rings. The number of aromatic nitrogens is 1. The van der Waals surface area contributed by atoms with Gasteiger partial charge in [0.15, 0.2) is 6.29 Å². The lowest BCUT2D eigenvalue weighted by Gasteiger charge is -2.24. The Balaban J connectivity index is 2.78. The molecule has 16 heavy (non-hydrogen) atoms. The third-order valence-electron chi connectivity index (χ3n) is 2.22. The van der Waals surface area contributed by atoms with E-state index in [0.717, 1.165) is 25.2 Å². The standard InChI is InChI=1S/C12H19N3O/c1-10(2)8-15(6-5-13)12-4-3-11(9-16)7-14-12/h3-4,7,9-10H,5-6,8,13H2,1-2H3. The van der Waals surface area contributed by atoms with Crippen LogP contribution in [0, 0.1) is 5.92 Å². The normalized spacial score (nSPS) is 10.5. The SMILES string of the molecule is CC(C)CN(CCN)c1ccc(C=O)cn1. The summed E-state index contributed by atoms with van der Waals surface area (Å²) in [6.07, 6.45) is 2.39. The predicted octanol–water partition coefficient (Wildman–Crippen LogP) is 1.32. The zero-order valence-corrected chi connectivity index (χ0v) is 9.89. The lowest BCUT2D eigenvalue weighted by atomic mass is 10.2. The van der Waals surface area contributed by atoms with Crippen LogP contribution in [0.1, 0.15) is 24.2 Å². The van der Waals surface area contributed by atoms with Crippen molar-refractivity contribution in [2.45, 2.75) is 13.8 Å². The number of hydrogen-bond acceptors (Lipinski definition) is 4. The van der Waals surface area contributed by atoms with Crippen molar-refractivity contribution in [3.05, 3.63) is 23.9 Å². The molecule has 0 radical (unpaired) electrons. The molecule has 2 N–H and O–H groups in total. The molecule has 1 heterocycles. The molecule has 0 atom stereocenters. The second-order valence-electron chi connectivity index (χ2n) is 4.20. The Kier molecular flexibility index (Phi) is 4.92. The zero-order valence-electron chi connectivity index (χ0n) is 9.89. The first-order chi connectivity index (χ1) is 7.67. The number of carbonyl (C=O) groups excluding carboxylic acids is 1. The third kappa shape index (κ3) is 3.62. The van der Waals surface area contributed by atoms with Crippen LogP contribution in [0.4, 0.5) is 5.82 Å². The monoisotopic (exact) mass is 221 g/mol. The van der Waals surface area contributed by atoms with Crippen LogP contribution in [0.5, 0.6) is 0 Å². The van der Waals surface area contributed by atoms with Crippen LogP contribution >= 0.6 is 0 Å². The number of nitrogens with zero attached hydrogens (tertiary/aromatic N) is 2. The molecule has 0 spiro atoms. The summed E-state index contributed by atoms with van der Waals surface area (Å²) in [4.78, 5) is 16.9. The maximum atomic E-state index is 10.5. The Bertz CT molecular complexity index is 322. The van der Waals surface area contributed by atoms with E-state index in [-0.39, 0.29) is 0 Å². The smallest absolute Gasteiger partial charge is 0.151 e. The van der Waals surface area contributed by atoms with E-state index in [4.69, 9.17) is 5.73 Å². The Morgan fingerprint density at radius 3 is 2.69 bits per heavy atom. The van der Waals surface area contributed by atoms with Crippen molar-refractivity contribution in [3.63, 3.8) is 0 Å². The largest absolute Gasteiger partial charge is 0.355 e. The van der Waals surface area contributed by atoms with Crippen molar-refractivity contribution >= 4 is 12.1 Å². The topological polar surface area (TPSA) is 59.2 Å². The average molecular weight is 221 g/mol. The lowest BCUT2D eigenvalue weighted by molar-refractivity contribution is 0.112. The van der Waals surface area contributed by atoms with E-state index in [0.29, 0.717) is 18.0 Å². The van der Waals surface area contributed by atoms with Crippen LogP contribution in [-0.4, -0.2) is 30.9 Å². The van der Waals surface area contributed by atoms with Gasteiger partial charge in [-0.05, 0) is 18.1 Å². The van der Waals surface area contributed by atoms with E-state index in [1.807, 2.05) is 6.07 Å². The molecule has 4 heteroatoms. The highest BCUT2D eigenvalue weighted by atomic mass is 16.1. The highest BCUT2D eigenvalue weighted by Gasteiger charge is 2.08. The van der Waals surface area contributed by atoms with Gasteiger partial charge in [0.25, 0.3) is 0 Å². The van der Waals surface area contributed by atoms with E-state index < -0.39 is 0 Å². The van der Waals surface area contributed by atoms with Gasteiger partial charge >= 0.3 is 0 Å². The Morgan fingerprint density at radius 1 is 1.50 bits per heavy atom. The average Bonchev–Trinajstić information content (AvgIpc) is 2.28. The fourth-order valence-electron chi connectivity index (χ4n) is 1.55. The van der Waals surface area contributed by atoms with Gasteiger partial charge < -0.3 is 10.6 Å². The number of anilines is 1. The van der Waals surface area contributed by atoms with Crippen LogP contribution in [0.2, 0.25) is 0 Å². The predicted molar refractivity (Wildman–Crippen MR) is 65.7 cm³/mol. The van der Waals surface area contributed by atoms with Crippen LogP contribution < -0.4 is 10.6 Å². The first-order valence-electron chi connectivity index (χ1n) is 5.53. The van der Waals surface area contributed by atoms with Gasteiger partial charge in [-0.2, -0.15) is 0 Å². The summed E-state index contributed by atoms with van der Waals surface area (Å²) in [5.41, 5.74) is 6.17.